The molecule has 1 aromatic heterocycles. The van der Waals surface area contributed by atoms with Crippen molar-refractivity contribution >= 4 is 17.5 Å². The Labute approximate surface area is 156 Å². The van der Waals surface area contributed by atoms with Crippen LogP contribution in [0, 0.1) is 0 Å². The van der Waals surface area contributed by atoms with Gasteiger partial charge in [-0.2, -0.15) is 13.2 Å². The highest BCUT2D eigenvalue weighted by molar-refractivity contribution is 8.02. The molecule has 3 aromatic rings. The average Bonchev–Trinajstić information content (AvgIpc) is 3.11. The van der Waals surface area contributed by atoms with E-state index < -0.39 is 11.7 Å². The lowest BCUT2D eigenvalue weighted by molar-refractivity contribution is -0.137. The summed E-state index contributed by atoms with van der Waals surface area (Å²) in [6.07, 6.45) is -4.39. The van der Waals surface area contributed by atoms with Crippen molar-refractivity contribution in [3.8, 4) is 17.1 Å². The van der Waals surface area contributed by atoms with Crippen LogP contribution in [0.3, 0.4) is 0 Å². The summed E-state index contributed by atoms with van der Waals surface area (Å²) < 4.78 is 45.8. The first-order chi connectivity index (χ1) is 13.0. The topological polar surface area (TPSA) is 52.0 Å². The van der Waals surface area contributed by atoms with Crippen LogP contribution in [0.5, 0.6) is 5.75 Å². The molecule has 0 radical (unpaired) electrons. The van der Waals surface area contributed by atoms with Crippen LogP contribution in [0.1, 0.15) is 11.1 Å². The summed E-state index contributed by atoms with van der Waals surface area (Å²) in [5, 5.41) is 10.6. The van der Waals surface area contributed by atoms with E-state index in [9.17, 15) is 13.2 Å². The van der Waals surface area contributed by atoms with Gasteiger partial charge < -0.3 is 4.74 Å². The van der Waals surface area contributed by atoms with Gasteiger partial charge in [0.15, 0.2) is 5.82 Å². The van der Waals surface area contributed by atoms with Gasteiger partial charge in [-0.05, 0) is 36.4 Å². The number of benzene rings is 2. The maximum Gasteiger partial charge on any atom is 0.416 e. The number of methoxy groups -OCH3 is 1. The van der Waals surface area contributed by atoms with E-state index in [0.29, 0.717) is 28.0 Å². The average molecular weight is 390 g/mol. The summed E-state index contributed by atoms with van der Waals surface area (Å²) >= 11 is 1.29. The second-order valence-electron chi connectivity index (χ2n) is 5.71. The molecule has 1 aliphatic rings. The SMILES string of the molecule is COc1ccc(-c2nnc3n2NC(c2cccc(C(F)(F)F)c2)=CS3)cc1. The number of fused-ring (bicyclic) bond motifs is 1. The lowest BCUT2D eigenvalue weighted by atomic mass is 10.1. The number of ether oxygens (including phenoxy) is 1. The van der Waals surface area contributed by atoms with E-state index in [1.54, 1.807) is 35.4 Å². The fraction of sp³-hybridized carbons (Fsp3) is 0.111. The number of rotatable bonds is 3. The summed E-state index contributed by atoms with van der Waals surface area (Å²) in [5.41, 5.74) is 4.17. The van der Waals surface area contributed by atoms with Gasteiger partial charge in [-0.25, -0.2) is 4.68 Å². The van der Waals surface area contributed by atoms with Crippen molar-refractivity contribution in [2.45, 2.75) is 11.3 Å². The molecule has 0 unspecified atom stereocenters. The van der Waals surface area contributed by atoms with Crippen LogP contribution in [0.4, 0.5) is 13.2 Å². The van der Waals surface area contributed by atoms with Gasteiger partial charge in [-0.15, -0.1) is 10.2 Å². The Morgan fingerprint density at radius 1 is 1.04 bits per heavy atom. The van der Waals surface area contributed by atoms with Crippen molar-refractivity contribution in [1.82, 2.24) is 14.9 Å². The summed E-state index contributed by atoms with van der Waals surface area (Å²) in [7, 11) is 1.58. The first kappa shape index (κ1) is 17.5. The molecule has 0 fully saturated rings. The molecule has 1 aliphatic heterocycles. The van der Waals surface area contributed by atoms with Crippen LogP contribution in [-0.4, -0.2) is 22.0 Å². The molecular formula is C18H13F3N4OS. The Kier molecular flexibility index (Phi) is 4.31. The third kappa shape index (κ3) is 3.37. The monoisotopic (exact) mass is 390 g/mol. The van der Waals surface area contributed by atoms with Crippen molar-refractivity contribution in [2.24, 2.45) is 0 Å². The maximum absolute atomic E-state index is 13.0. The Hall–Kier alpha value is -2.94. The molecule has 27 heavy (non-hydrogen) atoms. The molecule has 0 saturated carbocycles. The molecule has 138 valence electrons. The first-order valence-corrected chi connectivity index (χ1v) is 8.75. The lowest BCUT2D eigenvalue weighted by Crippen LogP contribution is -2.18. The fourth-order valence-corrected chi connectivity index (χ4v) is 3.37. The minimum absolute atomic E-state index is 0.428. The minimum Gasteiger partial charge on any atom is -0.497 e. The standard InChI is InChI=1S/C18H13F3N4OS/c1-26-14-7-5-11(6-8-14)16-22-23-17-25(16)24-15(10-27-17)12-3-2-4-13(9-12)18(19,20)21/h2-10,24H,1H3. The van der Waals surface area contributed by atoms with Crippen LogP contribution in [0.2, 0.25) is 0 Å². The zero-order valence-electron chi connectivity index (χ0n) is 14.0. The number of hydrogen-bond donors (Lipinski definition) is 1. The van der Waals surface area contributed by atoms with Gasteiger partial charge in [0.25, 0.3) is 0 Å². The third-order valence-electron chi connectivity index (χ3n) is 4.00. The molecule has 0 amide bonds. The maximum atomic E-state index is 13.0. The molecule has 0 spiro atoms. The largest absolute Gasteiger partial charge is 0.497 e. The molecule has 0 atom stereocenters. The third-order valence-corrected chi connectivity index (χ3v) is 4.83. The summed E-state index contributed by atoms with van der Waals surface area (Å²) in [6, 6.07) is 12.5. The lowest BCUT2D eigenvalue weighted by Gasteiger charge is -2.20. The normalized spacial score (nSPS) is 13.6. The van der Waals surface area contributed by atoms with Gasteiger partial charge in [0.05, 0.1) is 18.4 Å². The van der Waals surface area contributed by atoms with Crippen LogP contribution >= 0.6 is 11.8 Å². The van der Waals surface area contributed by atoms with Crippen molar-refractivity contribution in [3.63, 3.8) is 0 Å². The minimum atomic E-state index is -4.39. The van der Waals surface area contributed by atoms with Crippen molar-refractivity contribution in [3.05, 3.63) is 65.1 Å². The molecule has 5 nitrogen and oxygen atoms in total. The highest BCUT2D eigenvalue weighted by atomic mass is 32.2. The molecule has 1 N–H and O–H groups in total. The fourth-order valence-electron chi connectivity index (χ4n) is 2.63. The quantitative estimate of drug-likeness (QED) is 0.707. The first-order valence-electron chi connectivity index (χ1n) is 7.87. The molecule has 4 rings (SSSR count). The summed E-state index contributed by atoms with van der Waals surface area (Å²) in [6.45, 7) is 0. The predicted molar refractivity (Wildman–Crippen MR) is 96.6 cm³/mol. The number of alkyl halides is 3. The van der Waals surface area contributed by atoms with E-state index in [4.69, 9.17) is 4.74 Å². The zero-order valence-corrected chi connectivity index (χ0v) is 14.8. The van der Waals surface area contributed by atoms with Gasteiger partial charge in [0.2, 0.25) is 5.16 Å². The van der Waals surface area contributed by atoms with Crippen LogP contribution in [0.15, 0.2) is 59.1 Å². The number of halogens is 3. The Bertz CT molecular complexity index is 1010. The molecule has 9 heteroatoms. The number of thioether (sulfide) groups is 1. The second-order valence-corrected chi connectivity index (χ2v) is 6.55. The number of aromatic nitrogens is 3. The molecule has 0 bridgehead atoms. The second kappa shape index (κ2) is 6.66. The van der Waals surface area contributed by atoms with Gasteiger partial charge in [0.1, 0.15) is 5.75 Å². The van der Waals surface area contributed by atoms with E-state index in [1.807, 2.05) is 12.1 Å². The van der Waals surface area contributed by atoms with Crippen molar-refractivity contribution in [2.75, 3.05) is 12.5 Å². The van der Waals surface area contributed by atoms with Gasteiger partial charge in [-0.1, -0.05) is 23.9 Å². The molecular weight excluding hydrogens is 377 g/mol. The molecule has 0 saturated heterocycles. The predicted octanol–water partition coefficient (Wildman–Crippen LogP) is 4.62. The summed E-state index contributed by atoms with van der Waals surface area (Å²) in [4.78, 5) is 0. The smallest absolute Gasteiger partial charge is 0.416 e. The van der Waals surface area contributed by atoms with Gasteiger partial charge in [-0.3, -0.25) is 5.43 Å². The van der Waals surface area contributed by atoms with E-state index >= 15 is 0 Å². The Morgan fingerprint density at radius 3 is 2.52 bits per heavy atom. The number of hydrogen-bond acceptors (Lipinski definition) is 5. The van der Waals surface area contributed by atoms with Crippen LogP contribution in [-0.2, 0) is 6.18 Å². The number of nitrogens with one attached hydrogen (secondary N) is 1. The summed E-state index contributed by atoms with van der Waals surface area (Å²) in [5.74, 6) is 1.27. The van der Waals surface area contributed by atoms with Crippen LogP contribution in [0.25, 0.3) is 17.1 Å². The van der Waals surface area contributed by atoms with Crippen molar-refractivity contribution in [1.29, 1.82) is 0 Å². The molecule has 2 aromatic carbocycles. The highest BCUT2D eigenvalue weighted by Crippen LogP contribution is 2.34. The van der Waals surface area contributed by atoms with Gasteiger partial charge in [0, 0.05) is 16.5 Å². The van der Waals surface area contributed by atoms with E-state index in [2.05, 4.69) is 15.6 Å². The Morgan fingerprint density at radius 2 is 1.81 bits per heavy atom. The molecule has 0 aliphatic carbocycles. The highest BCUT2D eigenvalue weighted by Gasteiger charge is 2.31. The van der Waals surface area contributed by atoms with E-state index in [1.165, 1.54) is 17.8 Å². The van der Waals surface area contributed by atoms with Crippen molar-refractivity contribution < 1.29 is 17.9 Å². The molecule has 2 heterocycles. The zero-order chi connectivity index (χ0) is 19.0. The van der Waals surface area contributed by atoms with E-state index in [-0.39, 0.29) is 0 Å². The van der Waals surface area contributed by atoms with Crippen LogP contribution < -0.4 is 10.2 Å². The van der Waals surface area contributed by atoms with Gasteiger partial charge >= 0.3 is 6.18 Å². The Balaban J connectivity index is 1.66. The number of nitrogens with zero attached hydrogens (tertiary/aromatic N) is 3. The van der Waals surface area contributed by atoms with E-state index in [0.717, 1.165) is 17.7 Å².